The molecule has 9 nitrogen and oxygen atoms in total. The van der Waals surface area contributed by atoms with Crippen molar-refractivity contribution >= 4 is 17.7 Å². The highest BCUT2D eigenvalue weighted by Gasteiger charge is 2.19. The van der Waals surface area contributed by atoms with Crippen LogP contribution in [0.5, 0.6) is 0 Å². The molecule has 24 heavy (non-hydrogen) atoms. The van der Waals surface area contributed by atoms with E-state index in [1.54, 1.807) is 0 Å². The predicted molar refractivity (Wildman–Crippen MR) is 82.5 cm³/mol. The zero-order valence-electron chi connectivity index (χ0n) is 13.6. The number of carbonyl (C=O) groups is 2. The average molecular weight is 333 g/mol. The minimum absolute atomic E-state index is 0.0436. The van der Waals surface area contributed by atoms with Crippen molar-refractivity contribution in [1.82, 2.24) is 24.9 Å². The van der Waals surface area contributed by atoms with Crippen molar-refractivity contribution in [3.8, 4) is 0 Å². The van der Waals surface area contributed by atoms with Crippen molar-refractivity contribution < 1.29 is 19.1 Å². The van der Waals surface area contributed by atoms with E-state index in [-0.39, 0.29) is 24.4 Å². The van der Waals surface area contributed by atoms with Crippen LogP contribution in [0.15, 0.2) is 6.07 Å². The first-order chi connectivity index (χ1) is 11.5. The fourth-order valence-electron chi connectivity index (χ4n) is 2.53. The van der Waals surface area contributed by atoms with Gasteiger partial charge < -0.3 is 14.8 Å². The second-order valence-corrected chi connectivity index (χ2v) is 5.70. The minimum atomic E-state index is -0.759. The normalized spacial score (nSPS) is 17.2. The van der Waals surface area contributed by atoms with E-state index < -0.39 is 5.97 Å². The van der Waals surface area contributed by atoms with Crippen molar-refractivity contribution in [3.63, 3.8) is 0 Å². The first-order valence-corrected chi connectivity index (χ1v) is 7.79. The average Bonchev–Trinajstić information content (AvgIpc) is 3.19. The molecule has 1 atom stereocenters. The minimum Gasteiger partial charge on any atom is -0.450 e. The second kappa shape index (κ2) is 6.91. The summed E-state index contributed by atoms with van der Waals surface area (Å²) < 4.78 is 11.8. The van der Waals surface area contributed by atoms with Gasteiger partial charge in [0.1, 0.15) is 0 Å². The zero-order valence-corrected chi connectivity index (χ0v) is 13.6. The number of aromatic nitrogens is 4. The Labute approximate surface area is 138 Å². The van der Waals surface area contributed by atoms with Gasteiger partial charge in [0.2, 0.25) is 0 Å². The number of nitrogens with zero attached hydrogens (tertiary/aromatic N) is 4. The lowest BCUT2D eigenvalue weighted by atomic mass is 10.2. The van der Waals surface area contributed by atoms with Gasteiger partial charge in [0.15, 0.2) is 6.61 Å². The molecule has 1 aliphatic rings. The van der Waals surface area contributed by atoms with Gasteiger partial charge in [-0.15, -0.1) is 5.10 Å². The Morgan fingerprint density at radius 1 is 1.42 bits per heavy atom. The molecule has 0 saturated carbocycles. The third-order valence-electron chi connectivity index (χ3n) is 3.69. The van der Waals surface area contributed by atoms with E-state index in [0.29, 0.717) is 12.3 Å². The Morgan fingerprint density at radius 3 is 3.00 bits per heavy atom. The second-order valence-electron chi connectivity index (χ2n) is 5.70. The summed E-state index contributed by atoms with van der Waals surface area (Å²) in [6, 6.07) is 1.83. The highest BCUT2D eigenvalue weighted by Crippen LogP contribution is 2.10. The van der Waals surface area contributed by atoms with E-state index >= 15 is 0 Å². The van der Waals surface area contributed by atoms with Crippen LogP contribution in [0.3, 0.4) is 0 Å². The van der Waals surface area contributed by atoms with Crippen molar-refractivity contribution in [2.24, 2.45) is 0 Å². The number of fused-ring (bicyclic) bond motifs is 1. The highest BCUT2D eigenvalue weighted by molar-refractivity contribution is 5.88. The van der Waals surface area contributed by atoms with Gasteiger partial charge in [-0.25, -0.2) is 14.3 Å². The van der Waals surface area contributed by atoms with Crippen LogP contribution in [0.1, 0.15) is 34.8 Å². The fraction of sp³-hybridized carbons (Fsp3) is 0.533. The Kier molecular flexibility index (Phi) is 4.70. The molecule has 1 aliphatic heterocycles. The smallest absolute Gasteiger partial charge is 0.378 e. The molecule has 1 saturated heterocycles. The summed E-state index contributed by atoms with van der Waals surface area (Å²) in [5, 5.41) is 6.73. The third kappa shape index (κ3) is 3.67. The fourth-order valence-corrected chi connectivity index (χ4v) is 2.53. The monoisotopic (exact) mass is 333 g/mol. The molecule has 128 valence electrons. The first-order valence-electron chi connectivity index (χ1n) is 7.79. The molecule has 3 heterocycles. The van der Waals surface area contributed by atoms with Crippen molar-refractivity contribution in [2.45, 2.75) is 32.8 Å². The van der Waals surface area contributed by atoms with E-state index in [9.17, 15) is 9.59 Å². The van der Waals surface area contributed by atoms with E-state index in [1.807, 2.05) is 19.9 Å². The highest BCUT2D eigenvalue weighted by atomic mass is 16.5. The summed E-state index contributed by atoms with van der Waals surface area (Å²) >= 11 is 0. The van der Waals surface area contributed by atoms with Crippen LogP contribution in [0.4, 0.5) is 0 Å². The van der Waals surface area contributed by atoms with E-state index in [2.05, 4.69) is 20.4 Å². The lowest BCUT2D eigenvalue weighted by Crippen LogP contribution is -2.34. The predicted octanol–water partition coefficient (Wildman–Crippen LogP) is 0.193. The van der Waals surface area contributed by atoms with Crippen LogP contribution in [0.25, 0.3) is 5.78 Å². The lowest BCUT2D eigenvalue weighted by molar-refractivity contribution is -0.124. The van der Waals surface area contributed by atoms with Gasteiger partial charge in [-0.2, -0.15) is 4.98 Å². The maximum absolute atomic E-state index is 12.0. The molecule has 0 aliphatic carbocycles. The maximum atomic E-state index is 12.0. The number of aryl methyl sites for hydroxylation is 2. The van der Waals surface area contributed by atoms with Crippen LogP contribution in [0, 0.1) is 13.8 Å². The maximum Gasteiger partial charge on any atom is 0.378 e. The van der Waals surface area contributed by atoms with Crippen LogP contribution >= 0.6 is 0 Å². The summed E-state index contributed by atoms with van der Waals surface area (Å²) in [4.78, 5) is 31.9. The van der Waals surface area contributed by atoms with E-state index in [0.717, 1.165) is 30.8 Å². The van der Waals surface area contributed by atoms with E-state index in [1.165, 1.54) is 4.52 Å². The van der Waals surface area contributed by atoms with E-state index in [4.69, 9.17) is 9.47 Å². The van der Waals surface area contributed by atoms with Gasteiger partial charge in [-0.3, -0.25) is 4.79 Å². The molecule has 2 aromatic heterocycles. The number of amides is 1. The summed E-state index contributed by atoms with van der Waals surface area (Å²) in [6.45, 7) is 4.43. The Balaban J connectivity index is 1.54. The third-order valence-corrected chi connectivity index (χ3v) is 3.69. The standard InChI is InChI=1S/C15H19N5O4/c1-9-6-10(2)20-15(17-9)18-13(19-20)14(22)24-8-12(21)16-7-11-4-3-5-23-11/h6,11H,3-5,7-8H2,1-2H3,(H,16,21)/t11-/m1/s1. The van der Waals surface area contributed by atoms with Gasteiger partial charge in [-0.05, 0) is 32.8 Å². The SMILES string of the molecule is Cc1cc(C)n2nc(C(=O)OCC(=O)NC[C@H]3CCCO3)nc2n1. The Morgan fingerprint density at radius 2 is 2.25 bits per heavy atom. The van der Waals surface area contributed by atoms with Gasteiger partial charge in [0.25, 0.3) is 17.5 Å². The molecule has 1 fully saturated rings. The number of hydrogen-bond acceptors (Lipinski definition) is 7. The van der Waals surface area contributed by atoms with Gasteiger partial charge in [0.05, 0.1) is 6.10 Å². The van der Waals surface area contributed by atoms with Crippen LogP contribution < -0.4 is 5.32 Å². The number of rotatable bonds is 5. The summed E-state index contributed by atoms with van der Waals surface area (Å²) in [7, 11) is 0. The topological polar surface area (TPSA) is 108 Å². The Hall–Kier alpha value is -2.55. The van der Waals surface area contributed by atoms with Gasteiger partial charge in [-0.1, -0.05) is 0 Å². The van der Waals surface area contributed by atoms with Gasteiger partial charge in [0, 0.05) is 24.5 Å². The number of nitrogens with one attached hydrogen (secondary N) is 1. The summed E-state index contributed by atoms with van der Waals surface area (Å²) in [6.07, 6.45) is 1.97. The van der Waals surface area contributed by atoms with Crippen molar-refractivity contribution in [2.75, 3.05) is 19.8 Å². The molecule has 3 rings (SSSR count). The molecule has 9 heteroatoms. The molecule has 0 aromatic carbocycles. The number of esters is 1. The number of carbonyl (C=O) groups excluding carboxylic acids is 2. The molecule has 2 aromatic rings. The quantitative estimate of drug-likeness (QED) is 0.778. The van der Waals surface area contributed by atoms with Gasteiger partial charge >= 0.3 is 5.97 Å². The van der Waals surface area contributed by atoms with Crippen LogP contribution in [-0.4, -0.2) is 57.3 Å². The summed E-state index contributed by atoms with van der Waals surface area (Å²) in [5.74, 6) is -0.942. The van der Waals surface area contributed by atoms with Crippen molar-refractivity contribution in [3.05, 3.63) is 23.3 Å². The molecule has 0 bridgehead atoms. The van der Waals surface area contributed by atoms with Crippen molar-refractivity contribution in [1.29, 1.82) is 0 Å². The summed E-state index contributed by atoms with van der Waals surface area (Å²) in [5.41, 5.74) is 1.58. The molecule has 1 amide bonds. The lowest BCUT2D eigenvalue weighted by Gasteiger charge is -2.10. The molecule has 0 unspecified atom stereocenters. The Bertz CT molecular complexity index is 767. The molecular weight excluding hydrogens is 314 g/mol. The van der Waals surface area contributed by atoms with Crippen LogP contribution in [0.2, 0.25) is 0 Å². The molecule has 0 spiro atoms. The molecular formula is C15H19N5O4. The molecule has 1 N–H and O–H groups in total. The number of ether oxygens (including phenoxy) is 2. The first kappa shape index (κ1) is 16.3. The number of hydrogen-bond donors (Lipinski definition) is 1. The molecule has 0 radical (unpaired) electrons. The zero-order chi connectivity index (χ0) is 17.1. The largest absolute Gasteiger partial charge is 0.450 e. The van der Waals surface area contributed by atoms with Crippen LogP contribution in [-0.2, 0) is 14.3 Å².